The number of nitrogens with zero attached hydrogens (tertiary/aromatic N) is 2. The van der Waals surface area contributed by atoms with Gasteiger partial charge in [0.15, 0.2) is 11.6 Å². The van der Waals surface area contributed by atoms with Gasteiger partial charge in [0, 0.05) is 18.1 Å². The van der Waals surface area contributed by atoms with Crippen molar-refractivity contribution < 1.29 is 22.3 Å². The first-order chi connectivity index (χ1) is 14.9. The summed E-state index contributed by atoms with van der Waals surface area (Å²) in [6, 6.07) is 8.15. The number of allylic oxidation sites excluding steroid dienone is 2. The fourth-order valence-electron chi connectivity index (χ4n) is 3.09. The molecule has 3 N–H and O–H groups in total. The third-order valence-corrected chi connectivity index (χ3v) is 5.26. The molecule has 0 atom stereocenters. The van der Waals surface area contributed by atoms with Crippen LogP contribution in [0, 0.1) is 5.82 Å². The molecule has 0 saturated carbocycles. The Kier molecular flexibility index (Phi) is 4.54. The number of alkyl halides is 3. The van der Waals surface area contributed by atoms with Crippen molar-refractivity contribution in [1.29, 1.82) is 0 Å². The molecule has 0 amide bonds. The molecule has 11 heteroatoms. The summed E-state index contributed by atoms with van der Waals surface area (Å²) in [5.74, 6) is 0.344. The molecule has 0 fully saturated rings. The summed E-state index contributed by atoms with van der Waals surface area (Å²) in [4.78, 5) is 6.67. The Hall–Kier alpha value is -3.60. The largest absolute Gasteiger partial charge is 0.455 e. The summed E-state index contributed by atoms with van der Waals surface area (Å²) in [5.41, 5.74) is 0.184. The summed E-state index contributed by atoms with van der Waals surface area (Å²) in [5, 5.41) is 2.92. The maximum Gasteiger partial charge on any atom is 0.416 e. The molecule has 1 aromatic heterocycles. The van der Waals surface area contributed by atoms with Gasteiger partial charge < -0.3 is 19.8 Å². The van der Waals surface area contributed by atoms with Crippen LogP contribution in [0.15, 0.2) is 72.4 Å². The lowest BCUT2D eigenvalue weighted by Gasteiger charge is -2.20. The number of aromatic amines is 1. The van der Waals surface area contributed by atoms with Gasteiger partial charge in [-0.3, -0.25) is 4.31 Å². The summed E-state index contributed by atoms with van der Waals surface area (Å²) in [6.45, 7) is 0. The number of halogens is 4. The normalized spacial score (nSPS) is 15.4. The number of ether oxygens (including phenoxy) is 1. The first kappa shape index (κ1) is 19.4. The van der Waals surface area contributed by atoms with Crippen molar-refractivity contribution in [2.24, 2.45) is 0 Å². The highest BCUT2D eigenvalue weighted by Crippen LogP contribution is 2.34. The topological polar surface area (TPSA) is 65.2 Å². The van der Waals surface area contributed by atoms with Crippen LogP contribution in [-0.2, 0) is 6.18 Å². The molecule has 0 radical (unpaired) electrons. The average molecular weight is 447 g/mol. The highest BCUT2D eigenvalue weighted by Gasteiger charge is 2.32. The quantitative estimate of drug-likeness (QED) is 0.359. The molecule has 2 aliphatic heterocycles. The Bertz CT molecular complexity index is 1250. The minimum atomic E-state index is -4.65. The Balaban J connectivity index is 1.33. The number of H-pyrrole nitrogens is 1. The van der Waals surface area contributed by atoms with Gasteiger partial charge in [-0.25, -0.2) is 9.37 Å². The summed E-state index contributed by atoms with van der Waals surface area (Å²) < 4.78 is 63.6. The number of imidazole rings is 1. The van der Waals surface area contributed by atoms with Gasteiger partial charge in [0.05, 0.1) is 23.2 Å². The minimum Gasteiger partial charge on any atom is -0.455 e. The highest BCUT2D eigenvalue weighted by molar-refractivity contribution is 7.95. The van der Waals surface area contributed by atoms with E-state index in [0.29, 0.717) is 23.3 Å². The van der Waals surface area contributed by atoms with Gasteiger partial charge in [0.2, 0.25) is 5.95 Å². The van der Waals surface area contributed by atoms with E-state index in [1.54, 1.807) is 24.3 Å². The second-order valence-electron chi connectivity index (χ2n) is 6.63. The third-order valence-electron chi connectivity index (χ3n) is 4.52. The Morgan fingerprint density at radius 2 is 1.94 bits per heavy atom. The molecule has 2 aromatic carbocycles. The van der Waals surface area contributed by atoms with E-state index in [9.17, 15) is 17.6 Å². The van der Waals surface area contributed by atoms with Crippen molar-refractivity contribution in [1.82, 2.24) is 19.0 Å². The molecular weight excluding hydrogens is 434 g/mol. The second-order valence-corrected chi connectivity index (χ2v) is 7.44. The van der Waals surface area contributed by atoms with E-state index in [4.69, 9.17) is 4.74 Å². The van der Waals surface area contributed by atoms with Crippen molar-refractivity contribution in [2.75, 3.05) is 5.32 Å². The van der Waals surface area contributed by atoms with Crippen LogP contribution < -0.4 is 14.8 Å². The fourth-order valence-corrected chi connectivity index (χ4v) is 3.74. The lowest BCUT2D eigenvalue weighted by molar-refractivity contribution is -0.137. The molecule has 3 heterocycles. The van der Waals surface area contributed by atoms with E-state index in [0.717, 1.165) is 11.8 Å². The maximum atomic E-state index is 14.0. The zero-order chi connectivity index (χ0) is 21.6. The first-order valence-corrected chi connectivity index (χ1v) is 9.76. The number of fused-ring (bicyclic) bond motifs is 2. The van der Waals surface area contributed by atoms with Crippen molar-refractivity contribution in [2.45, 2.75) is 6.18 Å². The molecule has 158 valence electrons. The van der Waals surface area contributed by atoms with Crippen LogP contribution in [0.2, 0.25) is 0 Å². The van der Waals surface area contributed by atoms with Crippen LogP contribution >= 0.6 is 12.1 Å². The second kappa shape index (κ2) is 7.27. The number of hydrogen-bond acceptors (Lipinski definition) is 6. The summed E-state index contributed by atoms with van der Waals surface area (Å²) in [6.07, 6.45) is 2.81. The summed E-state index contributed by atoms with van der Waals surface area (Å²) in [7, 11) is 0. The predicted molar refractivity (Wildman–Crippen MR) is 109 cm³/mol. The number of aromatic nitrogens is 2. The Morgan fingerprint density at radius 1 is 1.13 bits per heavy atom. The van der Waals surface area contributed by atoms with E-state index in [1.165, 1.54) is 12.1 Å². The maximum absolute atomic E-state index is 14.0. The molecule has 2 aliphatic rings. The van der Waals surface area contributed by atoms with Gasteiger partial charge in [0.1, 0.15) is 17.0 Å². The molecule has 0 aliphatic carbocycles. The van der Waals surface area contributed by atoms with Gasteiger partial charge in [-0.1, -0.05) is 0 Å². The SMILES string of the molecule is Fc1cc(C(F)(F)F)cc2[nH]c(Nc3ccc(OC4=CC=CN5SNC=C45)cc3)nc12. The van der Waals surface area contributed by atoms with Crippen LogP contribution in [0.3, 0.4) is 0 Å². The van der Waals surface area contributed by atoms with E-state index in [1.807, 2.05) is 28.9 Å². The standard InChI is InChI=1S/C20H13F4N5OS/c21-14-8-11(20(22,23)24)9-15-18(14)28-19(27-15)26-12-3-5-13(6-4-12)30-17-2-1-7-29-16(17)10-25-31-29/h1-10,25H,(H2,26,27,28). The van der Waals surface area contributed by atoms with Crippen LogP contribution in [-0.4, -0.2) is 14.3 Å². The summed E-state index contributed by atoms with van der Waals surface area (Å²) >= 11 is 1.42. The Morgan fingerprint density at radius 3 is 2.71 bits per heavy atom. The van der Waals surface area contributed by atoms with Crippen molar-refractivity contribution in [3.63, 3.8) is 0 Å². The zero-order valence-corrected chi connectivity index (χ0v) is 16.3. The van der Waals surface area contributed by atoms with Crippen LogP contribution in [0.1, 0.15) is 5.56 Å². The molecule has 0 bridgehead atoms. The van der Waals surface area contributed by atoms with Gasteiger partial charge in [0.25, 0.3) is 0 Å². The first-order valence-electron chi connectivity index (χ1n) is 8.99. The smallest absolute Gasteiger partial charge is 0.416 e. The highest BCUT2D eigenvalue weighted by atomic mass is 32.2. The molecule has 5 rings (SSSR count). The van der Waals surface area contributed by atoms with E-state index in [2.05, 4.69) is 20.0 Å². The molecule has 0 unspecified atom stereocenters. The lowest BCUT2D eigenvalue weighted by Crippen LogP contribution is -2.12. The number of hydrogen-bond donors (Lipinski definition) is 3. The molecule has 0 saturated heterocycles. The van der Waals surface area contributed by atoms with Crippen molar-refractivity contribution >= 4 is 34.8 Å². The number of anilines is 2. The fraction of sp³-hybridized carbons (Fsp3) is 0.0500. The molecular formula is C20H13F4N5OS. The van der Waals surface area contributed by atoms with Gasteiger partial charge in [-0.05, 0) is 48.6 Å². The minimum absolute atomic E-state index is 0.0482. The monoisotopic (exact) mass is 447 g/mol. The molecule has 6 nitrogen and oxygen atoms in total. The van der Waals surface area contributed by atoms with Crippen LogP contribution in [0.25, 0.3) is 11.0 Å². The van der Waals surface area contributed by atoms with E-state index >= 15 is 0 Å². The number of rotatable bonds is 4. The van der Waals surface area contributed by atoms with E-state index in [-0.39, 0.29) is 17.0 Å². The van der Waals surface area contributed by atoms with E-state index < -0.39 is 17.6 Å². The number of nitrogens with one attached hydrogen (secondary N) is 3. The van der Waals surface area contributed by atoms with Gasteiger partial charge in [-0.2, -0.15) is 13.2 Å². The molecule has 0 spiro atoms. The van der Waals surface area contributed by atoms with Crippen molar-refractivity contribution in [3.8, 4) is 5.75 Å². The molecule has 3 aromatic rings. The lowest BCUT2D eigenvalue weighted by atomic mass is 10.2. The Labute approximate surface area is 177 Å². The van der Waals surface area contributed by atoms with Crippen molar-refractivity contribution in [3.05, 3.63) is 83.8 Å². The van der Waals surface area contributed by atoms with Gasteiger partial charge in [-0.15, -0.1) is 0 Å². The number of benzene rings is 2. The van der Waals surface area contributed by atoms with Gasteiger partial charge >= 0.3 is 6.18 Å². The molecule has 31 heavy (non-hydrogen) atoms. The van der Waals surface area contributed by atoms with Crippen LogP contribution in [0.5, 0.6) is 5.75 Å². The third kappa shape index (κ3) is 3.79. The van der Waals surface area contributed by atoms with Crippen LogP contribution in [0.4, 0.5) is 29.2 Å². The average Bonchev–Trinajstić information content (AvgIpc) is 3.36. The predicted octanol–water partition coefficient (Wildman–Crippen LogP) is 5.56. The zero-order valence-electron chi connectivity index (χ0n) is 15.5.